The fourth-order valence-electron chi connectivity index (χ4n) is 1.45. The van der Waals surface area contributed by atoms with Crippen molar-refractivity contribution in [1.29, 1.82) is 0 Å². The van der Waals surface area contributed by atoms with Crippen LogP contribution in [0.2, 0.25) is 5.02 Å². The minimum Gasteiger partial charge on any atom is -0.294 e. The van der Waals surface area contributed by atoms with E-state index in [-0.39, 0.29) is 5.78 Å². The first-order chi connectivity index (χ1) is 7.15. The van der Waals surface area contributed by atoms with E-state index in [0.29, 0.717) is 11.4 Å². The number of Topliss-reactive ketones (excluding diaryl/α,β-unsaturated/α-hetero) is 1. The van der Waals surface area contributed by atoms with Gasteiger partial charge in [-0.3, -0.25) is 4.79 Å². The molecule has 0 amide bonds. The fourth-order valence-corrected chi connectivity index (χ4v) is 1.63. The summed E-state index contributed by atoms with van der Waals surface area (Å²) in [6, 6.07) is 5.52. The van der Waals surface area contributed by atoms with Crippen molar-refractivity contribution in [3.8, 4) is 0 Å². The van der Waals surface area contributed by atoms with Gasteiger partial charge in [-0.1, -0.05) is 43.5 Å². The van der Waals surface area contributed by atoms with Gasteiger partial charge >= 0.3 is 0 Å². The van der Waals surface area contributed by atoms with Gasteiger partial charge in [0.1, 0.15) is 0 Å². The first kappa shape index (κ1) is 12.3. The van der Waals surface area contributed by atoms with E-state index < -0.39 is 0 Å². The molecule has 0 N–H and O–H groups in total. The Morgan fingerprint density at radius 2 is 2.07 bits per heavy atom. The zero-order valence-corrected chi connectivity index (χ0v) is 10.1. The molecule has 0 saturated heterocycles. The molecule has 1 rings (SSSR count). The number of rotatable bonds is 5. The van der Waals surface area contributed by atoms with Crippen LogP contribution in [0.25, 0.3) is 0 Å². The van der Waals surface area contributed by atoms with Crippen LogP contribution in [-0.2, 0) is 0 Å². The van der Waals surface area contributed by atoms with Crippen molar-refractivity contribution in [3.63, 3.8) is 0 Å². The molecule has 0 spiro atoms. The second kappa shape index (κ2) is 5.92. The monoisotopic (exact) mass is 224 g/mol. The van der Waals surface area contributed by atoms with Crippen molar-refractivity contribution < 1.29 is 4.79 Å². The largest absolute Gasteiger partial charge is 0.294 e. The zero-order valence-electron chi connectivity index (χ0n) is 9.35. The molecule has 82 valence electrons. The second-order valence-corrected chi connectivity index (χ2v) is 4.25. The van der Waals surface area contributed by atoms with E-state index >= 15 is 0 Å². The molecule has 1 aromatic rings. The predicted octanol–water partition coefficient (Wildman–Crippen LogP) is 4.41. The summed E-state index contributed by atoms with van der Waals surface area (Å²) in [6.07, 6.45) is 3.86. The van der Waals surface area contributed by atoms with Crippen LogP contribution in [0.15, 0.2) is 18.2 Å². The molecule has 0 aliphatic rings. The highest BCUT2D eigenvalue weighted by Crippen LogP contribution is 2.18. The van der Waals surface area contributed by atoms with Crippen LogP contribution >= 0.6 is 11.6 Å². The number of hydrogen-bond acceptors (Lipinski definition) is 1. The van der Waals surface area contributed by atoms with Gasteiger partial charge in [0.2, 0.25) is 0 Å². The molecular formula is C13H17ClO. The quantitative estimate of drug-likeness (QED) is 0.535. The van der Waals surface area contributed by atoms with Crippen LogP contribution in [0.3, 0.4) is 0 Å². The molecule has 0 bridgehead atoms. The van der Waals surface area contributed by atoms with Crippen molar-refractivity contribution in [2.45, 2.75) is 39.5 Å². The molecule has 0 unspecified atom stereocenters. The fraction of sp³-hybridized carbons (Fsp3) is 0.462. The van der Waals surface area contributed by atoms with Crippen LogP contribution in [-0.4, -0.2) is 5.78 Å². The Bertz CT molecular complexity index is 344. The van der Waals surface area contributed by atoms with Gasteiger partial charge < -0.3 is 0 Å². The summed E-state index contributed by atoms with van der Waals surface area (Å²) in [4.78, 5) is 11.7. The second-order valence-electron chi connectivity index (χ2n) is 3.84. The van der Waals surface area contributed by atoms with Gasteiger partial charge in [0.05, 0.1) is 0 Å². The average molecular weight is 225 g/mol. The van der Waals surface area contributed by atoms with Gasteiger partial charge in [-0.15, -0.1) is 0 Å². The molecule has 0 aliphatic heterocycles. The molecule has 0 atom stereocenters. The van der Waals surface area contributed by atoms with E-state index in [1.807, 2.05) is 19.1 Å². The third kappa shape index (κ3) is 3.67. The lowest BCUT2D eigenvalue weighted by molar-refractivity contribution is 0.0979. The Hall–Kier alpha value is -0.820. The summed E-state index contributed by atoms with van der Waals surface area (Å²) in [5, 5.41) is 0.677. The highest BCUT2D eigenvalue weighted by atomic mass is 35.5. The molecule has 0 saturated carbocycles. The molecule has 0 aliphatic carbocycles. The number of aryl methyl sites for hydroxylation is 1. The zero-order chi connectivity index (χ0) is 11.3. The topological polar surface area (TPSA) is 17.1 Å². The van der Waals surface area contributed by atoms with Crippen LogP contribution in [0, 0.1) is 6.92 Å². The molecule has 15 heavy (non-hydrogen) atoms. The highest BCUT2D eigenvalue weighted by Gasteiger charge is 2.06. The van der Waals surface area contributed by atoms with Gasteiger partial charge in [0.25, 0.3) is 0 Å². The highest BCUT2D eigenvalue weighted by molar-refractivity contribution is 6.31. The smallest absolute Gasteiger partial charge is 0.162 e. The van der Waals surface area contributed by atoms with Crippen molar-refractivity contribution >= 4 is 17.4 Å². The standard InChI is InChI=1S/C13H17ClO/c1-3-4-5-6-13(15)11-8-7-10(2)12(14)9-11/h7-9H,3-6H2,1-2H3. The first-order valence-corrected chi connectivity index (χ1v) is 5.82. The van der Waals surface area contributed by atoms with Crippen LogP contribution in [0.5, 0.6) is 0 Å². The minimum absolute atomic E-state index is 0.199. The number of ketones is 1. The van der Waals surface area contributed by atoms with Gasteiger partial charge in [-0.2, -0.15) is 0 Å². The first-order valence-electron chi connectivity index (χ1n) is 5.44. The molecule has 1 nitrogen and oxygen atoms in total. The molecule has 0 heterocycles. The summed E-state index contributed by atoms with van der Waals surface area (Å²) in [5.41, 5.74) is 1.75. The summed E-state index contributed by atoms with van der Waals surface area (Å²) in [5.74, 6) is 0.199. The Labute approximate surface area is 96.5 Å². The number of halogens is 1. The van der Waals surface area contributed by atoms with E-state index in [1.165, 1.54) is 0 Å². The Morgan fingerprint density at radius 3 is 2.67 bits per heavy atom. The van der Waals surface area contributed by atoms with E-state index in [1.54, 1.807) is 6.07 Å². The maximum atomic E-state index is 11.7. The Morgan fingerprint density at radius 1 is 1.33 bits per heavy atom. The summed E-state index contributed by atoms with van der Waals surface area (Å²) < 4.78 is 0. The lowest BCUT2D eigenvalue weighted by atomic mass is 10.0. The molecule has 2 heteroatoms. The number of unbranched alkanes of at least 4 members (excludes halogenated alkanes) is 2. The van der Waals surface area contributed by atoms with Gasteiger partial charge in [-0.05, 0) is 25.0 Å². The summed E-state index contributed by atoms with van der Waals surface area (Å²) >= 11 is 5.97. The third-order valence-corrected chi connectivity index (χ3v) is 2.91. The molecule has 0 radical (unpaired) electrons. The van der Waals surface area contributed by atoms with Crippen molar-refractivity contribution in [2.24, 2.45) is 0 Å². The SMILES string of the molecule is CCCCCC(=O)c1ccc(C)c(Cl)c1. The van der Waals surface area contributed by atoms with Crippen molar-refractivity contribution in [1.82, 2.24) is 0 Å². The van der Waals surface area contributed by atoms with E-state index in [0.717, 1.165) is 30.4 Å². The number of carbonyl (C=O) groups is 1. The number of benzene rings is 1. The Balaban J connectivity index is 2.62. The van der Waals surface area contributed by atoms with E-state index in [2.05, 4.69) is 6.92 Å². The summed E-state index contributed by atoms with van der Waals surface area (Å²) in [7, 11) is 0. The van der Waals surface area contributed by atoms with Gasteiger partial charge in [0.15, 0.2) is 5.78 Å². The van der Waals surface area contributed by atoms with Crippen LogP contribution < -0.4 is 0 Å². The molecule has 0 aromatic heterocycles. The minimum atomic E-state index is 0.199. The maximum Gasteiger partial charge on any atom is 0.162 e. The van der Waals surface area contributed by atoms with E-state index in [9.17, 15) is 4.79 Å². The summed E-state index contributed by atoms with van der Waals surface area (Å²) in [6.45, 7) is 4.07. The molecule has 0 fully saturated rings. The van der Waals surface area contributed by atoms with Gasteiger partial charge in [0, 0.05) is 17.0 Å². The lowest BCUT2D eigenvalue weighted by Gasteiger charge is -2.03. The maximum absolute atomic E-state index is 11.7. The normalized spacial score (nSPS) is 10.3. The Kier molecular flexibility index (Phi) is 4.83. The number of hydrogen-bond donors (Lipinski definition) is 0. The van der Waals surface area contributed by atoms with Crippen LogP contribution in [0.4, 0.5) is 0 Å². The van der Waals surface area contributed by atoms with Gasteiger partial charge in [-0.25, -0.2) is 0 Å². The lowest BCUT2D eigenvalue weighted by Crippen LogP contribution is -1.99. The number of carbonyl (C=O) groups excluding carboxylic acids is 1. The van der Waals surface area contributed by atoms with Crippen molar-refractivity contribution in [2.75, 3.05) is 0 Å². The van der Waals surface area contributed by atoms with Crippen molar-refractivity contribution in [3.05, 3.63) is 34.3 Å². The molecule has 1 aromatic carbocycles. The molecular weight excluding hydrogens is 208 g/mol. The van der Waals surface area contributed by atoms with E-state index in [4.69, 9.17) is 11.6 Å². The predicted molar refractivity (Wildman–Crippen MR) is 64.7 cm³/mol. The average Bonchev–Trinajstić information content (AvgIpc) is 2.22. The third-order valence-electron chi connectivity index (χ3n) is 2.50. The van der Waals surface area contributed by atoms with Crippen LogP contribution in [0.1, 0.15) is 48.5 Å².